The molecule has 1 saturated carbocycles. The summed E-state index contributed by atoms with van der Waals surface area (Å²) in [5.74, 6) is 2.29. The Bertz CT molecular complexity index is 949. The molecule has 2 aromatic rings. The molecular weight excluding hydrogens is 436 g/mol. The number of aliphatic hydroxyl groups excluding tert-OH is 1. The van der Waals surface area contributed by atoms with Gasteiger partial charge in [0.2, 0.25) is 0 Å². The van der Waals surface area contributed by atoms with Crippen molar-refractivity contribution in [2.75, 3.05) is 39.4 Å². The zero-order valence-electron chi connectivity index (χ0n) is 19.2. The molecule has 3 aliphatic rings. The molecule has 1 aliphatic carbocycles. The predicted molar refractivity (Wildman–Crippen MR) is 126 cm³/mol. The maximum Gasteiger partial charge on any atom is 0.290 e. The summed E-state index contributed by atoms with van der Waals surface area (Å²) in [7, 11) is 0. The number of carbonyl (C=O) groups excluding carboxylic acids is 1. The average molecular weight is 469 g/mol. The number of ether oxygens (including phenoxy) is 2. The topological polar surface area (TPSA) is 99.5 Å². The summed E-state index contributed by atoms with van der Waals surface area (Å²) in [6.45, 7) is 4.49. The summed E-state index contributed by atoms with van der Waals surface area (Å²) in [6, 6.07) is 17.2. The van der Waals surface area contributed by atoms with Crippen molar-refractivity contribution in [2.45, 2.75) is 25.0 Å². The SMILES string of the molecule is O=C(c1cccc(Oc2ccccc2)c1)N1C[C@H]2C[C@@H](N3CCOCC3)[C@H](O)C[C@H]2C1.O=CO. The number of benzene rings is 2. The highest BCUT2D eigenvalue weighted by atomic mass is 16.5. The van der Waals surface area contributed by atoms with Crippen LogP contribution in [0.2, 0.25) is 0 Å². The van der Waals surface area contributed by atoms with Gasteiger partial charge in [-0.3, -0.25) is 14.5 Å². The van der Waals surface area contributed by atoms with Crippen molar-refractivity contribution in [1.82, 2.24) is 9.80 Å². The summed E-state index contributed by atoms with van der Waals surface area (Å²) >= 11 is 0. The molecule has 182 valence electrons. The van der Waals surface area contributed by atoms with Crippen LogP contribution in [0.3, 0.4) is 0 Å². The zero-order chi connectivity index (χ0) is 23.9. The number of carbonyl (C=O) groups is 2. The molecule has 8 heteroatoms. The van der Waals surface area contributed by atoms with Crippen LogP contribution in [0.5, 0.6) is 11.5 Å². The third-order valence-electron chi connectivity index (χ3n) is 6.97. The lowest BCUT2D eigenvalue weighted by Crippen LogP contribution is -2.53. The van der Waals surface area contributed by atoms with E-state index in [1.165, 1.54) is 0 Å². The van der Waals surface area contributed by atoms with Crippen LogP contribution in [0.25, 0.3) is 0 Å². The molecule has 2 aliphatic heterocycles. The Balaban J connectivity index is 0.000000868. The molecular formula is C26H32N2O6. The highest BCUT2D eigenvalue weighted by Crippen LogP contribution is 2.39. The first kappa shape index (κ1) is 24.2. The average Bonchev–Trinajstić information content (AvgIpc) is 3.28. The number of nitrogens with zero attached hydrogens (tertiary/aromatic N) is 2. The first-order valence-corrected chi connectivity index (χ1v) is 11.8. The van der Waals surface area contributed by atoms with Crippen molar-refractivity contribution in [3.05, 3.63) is 60.2 Å². The van der Waals surface area contributed by atoms with Gasteiger partial charge in [-0.15, -0.1) is 0 Å². The number of rotatable bonds is 4. The first-order valence-electron chi connectivity index (χ1n) is 11.8. The quantitative estimate of drug-likeness (QED) is 0.666. The van der Waals surface area contributed by atoms with Gasteiger partial charge in [0.15, 0.2) is 0 Å². The maximum atomic E-state index is 13.2. The fourth-order valence-electron chi connectivity index (χ4n) is 5.37. The largest absolute Gasteiger partial charge is 0.483 e. The minimum atomic E-state index is -0.322. The number of likely N-dealkylation sites (tertiary alicyclic amines) is 1. The number of carboxylic acid groups (broad SMARTS) is 1. The summed E-state index contributed by atoms with van der Waals surface area (Å²) in [6.07, 6.45) is 1.40. The van der Waals surface area contributed by atoms with Crippen LogP contribution < -0.4 is 4.74 Å². The summed E-state index contributed by atoms with van der Waals surface area (Å²) in [4.78, 5) is 25.9. The molecule has 0 radical (unpaired) electrons. The first-order chi connectivity index (χ1) is 16.6. The van der Waals surface area contributed by atoms with E-state index in [-0.39, 0.29) is 24.5 Å². The minimum absolute atomic E-state index is 0.0466. The van der Waals surface area contributed by atoms with Gasteiger partial charge in [-0.2, -0.15) is 0 Å². The minimum Gasteiger partial charge on any atom is -0.483 e. The van der Waals surface area contributed by atoms with Crippen molar-refractivity contribution >= 4 is 12.4 Å². The molecule has 3 fully saturated rings. The third-order valence-corrected chi connectivity index (χ3v) is 6.97. The maximum absolute atomic E-state index is 13.2. The van der Waals surface area contributed by atoms with E-state index in [1.807, 2.05) is 59.5 Å². The van der Waals surface area contributed by atoms with Crippen LogP contribution >= 0.6 is 0 Å². The van der Waals surface area contributed by atoms with E-state index in [0.29, 0.717) is 23.1 Å². The van der Waals surface area contributed by atoms with Crippen LogP contribution in [0, 0.1) is 11.8 Å². The van der Waals surface area contributed by atoms with Crippen molar-refractivity contribution in [3.8, 4) is 11.5 Å². The Morgan fingerprint density at radius 3 is 2.32 bits per heavy atom. The lowest BCUT2D eigenvalue weighted by molar-refractivity contribution is -0.122. The second-order valence-corrected chi connectivity index (χ2v) is 9.03. The summed E-state index contributed by atoms with van der Waals surface area (Å²) in [5, 5.41) is 17.7. The third kappa shape index (κ3) is 5.75. The number of aliphatic hydroxyl groups is 1. The second kappa shape index (κ2) is 11.5. The molecule has 2 aromatic carbocycles. The zero-order valence-corrected chi connectivity index (χ0v) is 19.2. The number of para-hydroxylation sites is 1. The van der Waals surface area contributed by atoms with Crippen molar-refractivity contribution in [1.29, 1.82) is 0 Å². The molecule has 0 spiro atoms. The Kier molecular flexibility index (Phi) is 8.16. The smallest absolute Gasteiger partial charge is 0.290 e. The lowest BCUT2D eigenvalue weighted by atomic mass is 9.77. The number of hydrogen-bond donors (Lipinski definition) is 2. The molecule has 34 heavy (non-hydrogen) atoms. The molecule has 0 bridgehead atoms. The van der Waals surface area contributed by atoms with E-state index >= 15 is 0 Å². The molecule has 0 unspecified atom stereocenters. The fraction of sp³-hybridized carbons (Fsp3) is 0.462. The van der Waals surface area contributed by atoms with E-state index < -0.39 is 0 Å². The molecule has 1 amide bonds. The van der Waals surface area contributed by atoms with E-state index in [2.05, 4.69) is 4.90 Å². The number of hydrogen-bond acceptors (Lipinski definition) is 6. The predicted octanol–water partition coefficient (Wildman–Crippen LogP) is 2.72. The summed E-state index contributed by atoms with van der Waals surface area (Å²) in [5.41, 5.74) is 0.650. The van der Waals surface area contributed by atoms with E-state index in [4.69, 9.17) is 19.4 Å². The Morgan fingerprint density at radius 2 is 1.62 bits per heavy atom. The van der Waals surface area contributed by atoms with Crippen molar-refractivity contribution in [2.24, 2.45) is 11.8 Å². The fourth-order valence-corrected chi connectivity index (χ4v) is 5.37. The van der Waals surface area contributed by atoms with Gasteiger partial charge < -0.3 is 24.6 Å². The molecule has 2 N–H and O–H groups in total. The van der Waals surface area contributed by atoms with Gasteiger partial charge in [0.1, 0.15) is 11.5 Å². The molecule has 4 atom stereocenters. The van der Waals surface area contributed by atoms with Gasteiger partial charge in [0.05, 0.1) is 19.3 Å². The Hall–Kier alpha value is -2.94. The van der Waals surface area contributed by atoms with Gasteiger partial charge in [0, 0.05) is 37.8 Å². The van der Waals surface area contributed by atoms with Crippen LogP contribution in [0.4, 0.5) is 0 Å². The Labute approximate surface area is 199 Å². The highest BCUT2D eigenvalue weighted by Gasteiger charge is 2.44. The van der Waals surface area contributed by atoms with Gasteiger partial charge >= 0.3 is 0 Å². The van der Waals surface area contributed by atoms with Crippen LogP contribution in [0.1, 0.15) is 23.2 Å². The second-order valence-electron chi connectivity index (χ2n) is 9.03. The molecule has 5 rings (SSSR count). The molecule has 2 saturated heterocycles. The number of amides is 1. The van der Waals surface area contributed by atoms with Crippen LogP contribution in [0.15, 0.2) is 54.6 Å². The van der Waals surface area contributed by atoms with Crippen LogP contribution in [-0.2, 0) is 9.53 Å². The van der Waals surface area contributed by atoms with Crippen LogP contribution in [-0.4, -0.2) is 83.9 Å². The molecule has 8 nitrogen and oxygen atoms in total. The normalized spacial score (nSPS) is 26.7. The monoisotopic (exact) mass is 468 g/mol. The van der Waals surface area contributed by atoms with Gasteiger partial charge in [-0.25, -0.2) is 0 Å². The number of morpholine rings is 1. The number of fused-ring (bicyclic) bond motifs is 1. The van der Waals surface area contributed by atoms with Crippen molar-refractivity contribution < 1.29 is 29.3 Å². The Morgan fingerprint density at radius 1 is 0.971 bits per heavy atom. The standard InChI is InChI=1S/C25H30N2O4.CH2O2/c28-24-15-20-17-27(16-19(20)14-23(24)26-9-11-30-12-10-26)25(29)18-5-4-8-22(13-18)31-21-6-2-1-3-7-21;2-1-3/h1-8,13,19-20,23-24,28H,9-12,14-17H2;1H,(H,2,3)/t19-,20+,23-,24-;/m1./s1. The summed E-state index contributed by atoms with van der Waals surface area (Å²) < 4.78 is 11.4. The molecule has 0 aromatic heterocycles. The van der Waals surface area contributed by atoms with E-state index in [1.54, 1.807) is 0 Å². The van der Waals surface area contributed by atoms with E-state index in [9.17, 15) is 9.90 Å². The van der Waals surface area contributed by atoms with Gasteiger partial charge in [-0.1, -0.05) is 24.3 Å². The highest BCUT2D eigenvalue weighted by molar-refractivity contribution is 5.94. The van der Waals surface area contributed by atoms with E-state index in [0.717, 1.165) is 58.0 Å². The van der Waals surface area contributed by atoms with Gasteiger partial charge in [-0.05, 0) is 55.0 Å². The lowest BCUT2D eigenvalue weighted by Gasteiger charge is -2.43. The molecule has 2 heterocycles. The van der Waals surface area contributed by atoms with Crippen molar-refractivity contribution in [3.63, 3.8) is 0 Å². The van der Waals surface area contributed by atoms with Gasteiger partial charge in [0.25, 0.3) is 12.4 Å².